The first-order valence-corrected chi connectivity index (χ1v) is 4.81. The van der Waals surface area contributed by atoms with E-state index >= 15 is 0 Å². The summed E-state index contributed by atoms with van der Waals surface area (Å²) in [6.07, 6.45) is 0.696. The van der Waals surface area contributed by atoms with Gasteiger partial charge in [0.15, 0.2) is 5.78 Å². The van der Waals surface area contributed by atoms with E-state index in [1.807, 2.05) is 6.92 Å². The predicted molar refractivity (Wildman–Crippen MR) is 51.8 cm³/mol. The molecule has 1 rings (SSSR count). The van der Waals surface area contributed by atoms with Crippen molar-refractivity contribution in [2.75, 3.05) is 13.2 Å². The molecular formula is C11H11F3O2. The van der Waals surface area contributed by atoms with Crippen molar-refractivity contribution >= 4 is 5.78 Å². The van der Waals surface area contributed by atoms with E-state index in [-0.39, 0.29) is 0 Å². The molecule has 0 heterocycles. The first kappa shape index (κ1) is 12.7. The van der Waals surface area contributed by atoms with Crippen molar-refractivity contribution < 1.29 is 22.7 Å². The van der Waals surface area contributed by atoms with Crippen LogP contribution in [-0.2, 0) is 4.74 Å². The van der Waals surface area contributed by atoms with Gasteiger partial charge >= 0.3 is 0 Å². The smallest absolute Gasteiger partial charge is 0.194 e. The molecule has 1 aromatic carbocycles. The molecule has 16 heavy (non-hydrogen) atoms. The Morgan fingerprint density at radius 2 is 1.81 bits per heavy atom. The fourth-order valence-corrected chi connectivity index (χ4v) is 1.19. The molecule has 0 aliphatic heterocycles. The maximum Gasteiger partial charge on any atom is 0.194 e. The second-order valence-corrected chi connectivity index (χ2v) is 3.22. The van der Waals surface area contributed by atoms with Gasteiger partial charge in [0.1, 0.15) is 24.1 Å². The van der Waals surface area contributed by atoms with Gasteiger partial charge < -0.3 is 4.74 Å². The molecular weight excluding hydrogens is 221 g/mol. The van der Waals surface area contributed by atoms with Gasteiger partial charge in [0.25, 0.3) is 0 Å². The second kappa shape index (κ2) is 5.65. The number of Topliss-reactive ketones (excluding diaryl/α,β-unsaturated/α-hetero) is 1. The van der Waals surface area contributed by atoms with E-state index in [0.29, 0.717) is 25.2 Å². The van der Waals surface area contributed by atoms with Gasteiger partial charge in [-0.25, -0.2) is 13.2 Å². The molecule has 0 spiro atoms. The number of ketones is 1. The topological polar surface area (TPSA) is 26.3 Å². The highest BCUT2D eigenvalue weighted by Gasteiger charge is 2.18. The van der Waals surface area contributed by atoms with Gasteiger partial charge in [-0.15, -0.1) is 0 Å². The third kappa shape index (κ3) is 3.06. The minimum absolute atomic E-state index is 0.330. The molecule has 0 amide bonds. The molecule has 0 saturated heterocycles. The van der Waals surface area contributed by atoms with E-state index in [1.54, 1.807) is 0 Å². The number of halogens is 3. The quantitative estimate of drug-likeness (QED) is 0.576. The molecule has 0 aromatic heterocycles. The maximum atomic E-state index is 13.1. The standard InChI is InChI=1S/C11H11F3O2/c1-2-3-16-6-10(15)11-8(13)4-7(12)5-9(11)14/h4-5H,2-3,6H2,1H3. The monoisotopic (exact) mass is 232 g/mol. The van der Waals surface area contributed by atoms with Crippen molar-refractivity contribution in [2.24, 2.45) is 0 Å². The molecule has 0 atom stereocenters. The van der Waals surface area contributed by atoms with E-state index in [1.165, 1.54) is 0 Å². The molecule has 0 aliphatic rings. The summed E-state index contributed by atoms with van der Waals surface area (Å²) < 4.78 is 43.6. The van der Waals surface area contributed by atoms with Crippen LogP contribution in [0.15, 0.2) is 12.1 Å². The van der Waals surface area contributed by atoms with Crippen LogP contribution < -0.4 is 0 Å². The van der Waals surface area contributed by atoms with Crippen molar-refractivity contribution in [2.45, 2.75) is 13.3 Å². The first-order valence-electron chi connectivity index (χ1n) is 4.81. The first-order chi connectivity index (χ1) is 7.56. The Bertz CT molecular complexity index is 368. The zero-order valence-electron chi connectivity index (χ0n) is 8.73. The molecule has 2 nitrogen and oxygen atoms in total. The van der Waals surface area contributed by atoms with E-state index in [0.717, 1.165) is 0 Å². The number of carbonyl (C=O) groups excluding carboxylic acids is 1. The third-order valence-electron chi connectivity index (χ3n) is 1.87. The molecule has 1 aromatic rings. The molecule has 0 N–H and O–H groups in total. The molecule has 0 bridgehead atoms. The van der Waals surface area contributed by atoms with Crippen molar-refractivity contribution in [1.82, 2.24) is 0 Å². The lowest BCUT2D eigenvalue weighted by molar-refractivity contribution is 0.0753. The lowest BCUT2D eigenvalue weighted by atomic mass is 10.1. The molecule has 0 aliphatic carbocycles. The predicted octanol–water partition coefficient (Wildman–Crippen LogP) is 2.71. The van der Waals surface area contributed by atoms with Gasteiger partial charge in [-0.3, -0.25) is 4.79 Å². The van der Waals surface area contributed by atoms with E-state index in [2.05, 4.69) is 0 Å². The van der Waals surface area contributed by atoms with Crippen molar-refractivity contribution in [1.29, 1.82) is 0 Å². The summed E-state index contributed by atoms with van der Waals surface area (Å²) in [5, 5.41) is 0. The largest absolute Gasteiger partial charge is 0.373 e. The highest BCUT2D eigenvalue weighted by Crippen LogP contribution is 2.15. The minimum atomic E-state index is -1.21. The van der Waals surface area contributed by atoms with Gasteiger partial charge in [0.05, 0.1) is 5.56 Å². The number of hydrogen-bond acceptors (Lipinski definition) is 2. The van der Waals surface area contributed by atoms with E-state index in [9.17, 15) is 18.0 Å². The van der Waals surface area contributed by atoms with Crippen LogP contribution >= 0.6 is 0 Å². The van der Waals surface area contributed by atoms with Crippen molar-refractivity contribution in [3.8, 4) is 0 Å². The Kier molecular flexibility index (Phi) is 4.49. The maximum absolute atomic E-state index is 13.1. The average molecular weight is 232 g/mol. The summed E-state index contributed by atoms with van der Waals surface area (Å²) >= 11 is 0. The van der Waals surface area contributed by atoms with Gasteiger partial charge in [-0.05, 0) is 6.42 Å². The SMILES string of the molecule is CCCOCC(=O)c1c(F)cc(F)cc1F. The highest BCUT2D eigenvalue weighted by molar-refractivity contribution is 5.97. The van der Waals surface area contributed by atoms with Gasteiger partial charge in [0, 0.05) is 18.7 Å². The molecule has 88 valence electrons. The lowest BCUT2D eigenvalue weighted by Crippen LogP contribution is -2.14. The average Bonchev–Trinajstić information content (AvgIpc) is 2.16. The van der Waals surface area contributed by atoms with Gasteiger partial charge in [-0.1, -0.05) is 6.92 Å². The number of rotatable bonds is 5. The molecule has 0 unspecified atom stereocenters. The van der Waals surface area contributed by atoms with Crippen LogP contribution in [0.3, 0.4) is 0 Å². The Morgan fingerprint density at radius 1 is 1.25 bits per heavy atom. The van der Waals surface area contributed by atoms with Crippen LogP contribution in [-0.4, -0.2) is 19.0 Å². The summed E-state index contributed by atoms with van der Waals surface area (Å²) in [6, 6.07) is 0.937. The van der Waals surface area contributed by atoms with Crippen LogP contribution in [0.5, 0.6) is 0 Å². The third-order valence-corrected chi connectivity index (χ3v) is 1.87. The fourth-order valence-electron chi connectivity index (χ4n) is 1.19. The van der Waals surface area contributed by atoms with Gasteiger partial charge in [-0.2, -0.15) is 0 Å². The zero-order chi connectivity index (χ0) is 12.1. The molecule has 0 saturated carbocycles. The van der Waals surface area contributed by atoms with Crippen molar-refractivity contribution in [3.05, 3.63) is 35.1 Å². The van der Waals surface area contributed by atoms with E-state index in [4.69, 9.17) is 4.74 Å². The van der Waals surface area contributed by atoms with Crippen LogP contribution in [0.1, 0.15) is 23.7 Å². The molecule has 0 radical (unpaired) electrons. The Balaban J connectivity index is 2.83. The molecule has 5 heteroatoms. The van der Waals surface area contributed by atoms with E-state index < -0.39 is 35.4 Å². The Labute approximate surface area is 91.0 Å². The van der Waals surface area contributed by atoms with Crippen LogP contribution in [0.2, 0.25) is 0 Å². The number of hydrogen-bond donors (Lipinski definition) is 0. The van der Waals surface area contributed by atoms with Crippen LogP contribution in [0, 0.1) is 17.5 Å². The number of carbonyl (C=O) groups is 1. The zero-order valence-corrected chi connectivity index (χ0v) is 8.73. The Hall–Kier alpha value is -1.36. The summed E-state index contributed by atoms with van der Waals surface area (Å²) in [5.74, 6) is -4.30. The number of ether oxygens (including phenoxy) is 1. The molecule has 0 fully saturated rings. The Morgan fingerprint density at radius 3 is 2.31 bits per heavy atom. The summed E-state index contributed by atoms with van der Waals surface area (Å²) in [5.41, 5.74) is -0.752. The minimum Gasteiger partial charge on any atom is -0.373 e. The van der Waals surface area contributed by atoms with Crippen LogP contribution in [0.4, 0.5) is 13.2 Å². The second-order valence-electron chi connectivity index (χ2n) is 3.22. The fraction of sp³-hybridized carbons (Fsp3) is 0.364. The summed E-state index contributed by atoms with van der Waals surface area (Å²) in [7, 11) is 0. The number of benzene rings is 1. The summed E-state index contributed by atoms with van der Waals surface area (Å²) in [4.78, 5) is 11.3. The van der Waals surface area contributed by atoms with Crippen LogP contribution in [0.25, 0.3) is 0 Å². The summed E-state index contributed by atoms with van der Waals surface area (Å²) in [6.45, 7) is 1.76. The normalized spacial score (nSPS) is 10.5. The van der Waals surface area contributed by atoms with Crippen molar-refractivity contribution in [3.63, 3.8) is 0 Å². The lowest BCUT2D eigenvalue weighted by Gasteiger charge is -2.05. The van der Waals surface area contributed by atoms with Gasteiger partial charge in [0.2, 0.25) is 0 Å². The highest BCUT2D eigenvalue weighted by atomic mass is 19.1.